The van der Waals surface area contributed by atoms with Gasteiger partial charge in [0.05, 0.1) is 6.34 Å². The number of hydrogen-bond donors (Lipinski definition) is 1. The normalized spacial score (nSPS) is 10.7. The van der Waals surface area contributed by atoms with Crippen molar-refractivity contribution in [1.29, 1.82) is 0 Å². The van der Waals surface area contributed by atoms with Crippen molar-refractivity contribution in [2.45, 2.75) is 0 Å². The van der Waals surface area contributed by atoms with Gasteiger partial charge >= 0.3 is 0 Å². The van der Waals surface area contributed by atoms with Gasteiger partial charge in [-0.1, -0.05) is 11.6 Å². The van der Waals surface area contributed by atoms with Crippen molar-refractivity contribution in [2.24, 2.45) is 4.99 Å². The smallest absolute Gasteiger partial charge is 0.244 e. The first-order valence-corrected chi connectivity index (χ1v) is 3.93. The van der Waals surface area contributed by atoms with Crippen LogP contribution in [0.15, 0.2) is 16.0 Å². The molecule has 0 spiro atoms. The molecule has 0 amide bonds. The second-order valence-electron chi connectivity index (χ2n) is 2.60. The van der Waals surface area contributed by atoms with Gasteiger partial charge in [0.15, 0.2) is 5.15 Å². The van der Waals surface area contributed by atoms with E-state index in [1.54, 1.807) is 19.0 Å². The maximum atomic E-state index is 11.2. The minimum Gasteiger partial charge on any atom is -0.369 e. The molecule has 0 fully saturated rings. The summed E-state index contributed by atoms with van der Waals surface area (Å²) in [4.78, 5) is 16.8. The fourth-order valence-electron chi connectivity index (χ4n) is 0.646. The van der Waals surface area contributed by atoms with Crippen molar-refractivity contribution in [1.82, 2.24) is 15.1 Å². The van der Waals surface area contributed by atoms with Crippen LogP contribution in [0.5, 0.6) is 0 Å². The Hall–Kier alpha value is -1.36. The number of H-pyrrole nitrogens is 1. The highest BCUT2D eigenvalue weighted by Crippen LogP contribution is 2.03. The number of aromatic amines is 1. The van der Waals surface area contributed by atoms with E-state index >= 15 is 0 Å². The molecule has 1 rings (SSSR count). The molecule has 0 aromatic carbocycles. The molecule has 0 saturated heterocycles. The third-order valence-corrected chi connectivity index (χ3v) is 1.47. The summed E-state index contributed by atoms with van der Waals surface area (Å²) in [6.07, 6.45) is 2.91. The van der Waals surface area contributed by atoms with Crippen molar-refractivity contribution in [3.63, 3.8) is 0 Å². The number of nitrogens with zero attached hydrogens (tertiary/aromatic N) is 3. The van der Waals surface area contributed by atoms with Crippen LogP contribution in [-0.4, -0.2) is 35.5 Å². The summed E-state index contributed by atoms with van der Waals surface area (Å²) in [6.45, 7) is 0. The molecule has 0 aliphatic heterocycles. The van der Waals surface area contributed by atoms with E-state index in [1.807, 2.05) is 0 Å². The molecular weight excluding hydrogens is 192 g/mol. The molecular formula is C7H9ClN4O. The molecule has 13 heavy (non-hydrogen) atoms. The third kappa shape index (κ3) is 2.55. The summed E-state index contributed by atoms with van der Waals surface area (Å²) in [5, 5.41) is 5.88. The number of halogens is 1. The number of rotatable bonds is 2. The quantitative estimate of drug-likeness (QED) is 0.563. The van der Waals surface area contributed by atoms with Gasteiger partial charge in [-0.2, -0.15) is 5.10 Å². The molecule has 0 unspecified atom stereocenters. The van der Waals surface area contributed by atoms with Gasteiger partial charge < -0.3 is 4.90 Å². The third-order valence-electron chi connectivity index (χ3n) is 1.21. The van der Waals surface area contributed by atoms with E-state index in [9.17, 15) is 4.79 Å². The summed E-state index contributed by atoms with van der Waals surface area (Å²) < 4.78 is 0. The van der Waals surface area contributed by atoms with E-state index in [-0.39, 0.29) is 16.3 Å². The number of aliphatic imine (C=N–C) groups is 1. The lowest BCUT2D eigenvalue weighted by atomic mass is 10.5. The molecule has 1 aromatic heterocycles. The Morgan fingerprint density at radius 3 is 3.00 bits per heavy atom. The van der Waals surface area contributed by atoms with Gasteiger partial charge in [0.2, 0.25) is 5.43 Å². The van der Waals surface area contributed by atoms with Crippen LogP contribution in [0.4, 0.5) is 5.69 Å². The van der Waals surface area contributed by atoms with Gasteiger partial charge in [-0.25, -0.2) is 4.99 Å². The minimum absolute atomic E-state index is 0.103. The van der Waals surface area contributed by atoms with E-state index in [0.29, 0.717) is 0 Å². The number of nitrogens with one attached hydrogen (secondary N) is 1. The predicted molar refractivity (Wildman–Crippen MR) is 51.7 cm³/mol. The number of aromatic nitrogens is 2. The van der Waals surface area contributed by atoms with Gasteiger partial charge in [0.1, 0.15) is 5.69 Å². The zero-order valence-corrected chi connectivity index (χ0v) is 8.04. The van der Waals surface area contributed by atoms with Crippen LogP contribution in [0.3, 0.4) is 0 Å². The van der Waals surface area contributed by atoms with Crippen molar-refractivity contribution < 1.29 is 0 Å². The molecule has 0 aliphatic carbocycles. The maximum Gasteiger partial charge on any atom is 0.244 e. The van der Waals surface area contributed by atoms with Crippen LogP contribution in [0.25, 0.3) is 0 Å². The Kier molecular flexibility index (Phi) is 3.02. The number of hydrogen-bond acceptors (Lipinski definition) is 3. The van der Waals surface area contributed by atoms with Crippen LogP contribution in [-0.2, 0) is 0 Å². The van der Waals surface area contributed by atoms with Crippen LogP contribution < -0.4 is 5.43 Å². The predicted octanol–water partition coefficient (Wildman–Crippen LogP) is 0.645. The maximum absolute atomic E-state index is 11.2. The van der Waals surface area contributed by atoms with Gasteiger partial charge in [-0.05, 0) is 0 Å². The Balaban J connectivity index is 3.03. The molecule has 0 atom stereocenters. The highest BCUT2D eigenvalue weighted by atomic mass is 35.5. The molecule has 5 nitrogen and oxygen atoms in total. The van der Waals surface area contributed by atoms with Crippen molar-refractivity contribution in [3.8, 4) is 0 Å². The van der Waals surface area contributed by atoms with Gasteiger partial charge in [0.25, 0.3) is 0 Å². The molecule has 1 N–H and O–H groups in total. The molecule has 0 saturated carbocycles. The fraction of sp³-hybridized carbons (Fsp3) is 0.286. The summed E-state index contributed by atoms with van der Waals surface area (Å²) in [6, 6.07) is 0. The zero-order valence-electron chi connectivity index (χ0n) is 7.28. The van der Waals surface area contributed by atoms with Gasteiger partial charge in [-0.3, -0.25) is 9.89 Å². The van der Waals surface area contributed by atoms with E-state index in [2.05, 4.69) is 15.2 Å². The minimum atomic E-state index is -0.376. The molecule has 0 aliphatic rings. The first kappa shape index (κ1) is 9.73. The highest BCUT2D eigenvalue weighted by molar-refractivity contribution is 6.29. The second kappa shape index (κ2) is 4.04. The fourth-order valence-corrected chi connectivity index (χ4v) is 0.791. The van der Waals surface area contributed by atoms with E-state index in [1.165, 1.54) is 12.5 Å². The van der Waals surface area contributed by atoms with E-state index < -0.39 is 0 Å². The summed E-state index contributed by atoms with van der Waals surface area (Å²) >= 11 is 5.49. The Morgan fingerprint density at radius 1 is 1.69 bits per heavy atom. The lowest BCUT2D eigenvalue weighted by Gasteiger charge is -2.01. The van der Waals surface area contributed by atoms with Gasteiger partial charge in [0, 0.05) is 20.3 Å². The summed E-state index contributed by atoms with van der Waals surface area (Å²) in [5.41, 5.74) is -0.132. The van der Waals surface area contributed by atoms with Crippen molar-refractivity contribution >= 4 is 23.6 Å². The van der Waals surface area contributed by atoms with Crippen molar-refractivity contribution in [3.05, 3.63) is 21.6 Å². The lowest BCUT2D eigenvalue weighted by Crippen LogP contribution is -2.09. The monoisotopic (exact) mass is 200 g/mol. The first-order valence-electron chi connectivity index (χ1n) is 3.55. The lowest BCUT2D eigenvalue weighted by molar-refractivity contribution is 0.643. The molecule has 6 heteroatoms. The largest absolute Gasteiger partial charge is 0.369 e. The molecule has 1 aromatic rings. The van der Waals surface area contributed by atoms with Crippen LogP contribution >= 0.6 is 11.6 Å². The Labute approximate surface area is 80.1 Å². The van der Waals surface area contributed by atoms with Crippen LogP contribution in [0.1, 0.15) is 0 Å². The van der Waals surface area contributed by atoms with Crippen LogP contribution in [0, 0.1) is 0 Å². The Bertz CT molecular complexity index is 371. The molecule has 70 valence electrons. The SMILES string of the molecule is CN(C)C=Nc1c[nH]nc(Cl)c1=O. The van der Waals surface area contributed by atoms with E-state index in [4.69, 9.17) is 11.6 Å². The summed E-state index contributed by atoms with van der Waals surface area (Å²) in [7, 11) is 3.61. The first-order chi connectivity index (χ1) is 6.11. The average Bonchev–Trinajstić information content (AvgIpc) is 2.07. The zero-order chi connectivity index (χ0) is 9.84. The topological polar surface area (TPSA) is 61.4 Å². The standard InChI is InChI=1S/C7H9ClN4O/c1-12(2)4-9-5-3-10-11-7(8)6(5)13/h3-4H,1-2H3,(H,10,13). The average molecular weight is 201 g/mol. The molecule has 0 radical (unpaired) electrons. The highest BCUT2D eigenvalue weighted by Gasteiger charge is 2.01. The van der Waals surface area contributed by atoms with E-state index in [0.717, 1.165) is 0 Å². The van der Waals surface area contributed by atoms with Crippen LogP contribution in [0.2, 0.25) is 5.15 Å². The second-order valence-corrected chi connectivity index (χ2v) is 2.96. The molecule has 1 heterocycles. The molecule has 0 bridgehead atoms. The Morgan fingerprint density at radius 2 is 2.38 bits per heavy atom. The summed E-state index contributed by atoms with van der Waals surface area (Å²) in [5.74, 6) is 0. The van der Waals surface area contributed by atoms with Gasteiger partial charge in [-0.15, -0.1) is 0 Å². The van der Waals surface area contributed by atoms with Crippen molar-refractivity contribution in [2.75, 3.05) is 14.1 Å².